The molecular weight excluding hydrogens is 292 g/mol. The molecule has 0 spiro atoms. The molecule has 1 saturated carbocycles. The lowest BCUT2D eigenvalue weighted by atomic mass is 9.97. The Balaban J connectivity index is 1.54. The molecule has 2 aliphatic rings. The number of piperidine rings is 1. The van der Waals surface area contributed by atoms with Crippen molar-refractivity contribution in [1.29, 1.82) is 0 Å². The fraction of sp³-hybridized carbons (Fsp3) is 0.824. The van der Waals surface area contributed by atoms with Crippen molar-refractivity contribution in [3.63, 3.8) is 0 Å². The first kappa shape index (κ1) is 16.4. The van der Waals surface area contributed by atoms with E-state index in [0.29, 0.717) is 12.3 Å². The van der Waals surface area contributed by atoms with E-state index in [9.17, 15) is 4.79 Å². The SMILES string of the molecule is COC(C)CC(=O)N1CCCC(Cn2cc(C3(C)CC3)nn2)C1. The molecule has 1 saturated heterocycles. The van der Waals surface area contributed by atoms with Crippen molar-refractivity contribution < 1.29 is 9.53 Å². The molecule has 0 N–H and O–H groups in total. The van der Waals surface area contributed by atoms with Gasteiger partial charge in [0.2, 0.25) is 5.91 Å². The highest BCUT2D eigenvalue weighted by Gasteiger charge is 2.41. The summed E-state index contributed by atoms with van der Waals surface area (Å²) >= 11 is 0. The Labute approximate surface area is 138 Å². The maximum Gasteiger partial charge on any atom is 0.225 e. The average Bonchev–Trinajstić information content (AvgIpc) is 3.11. The van der Waals surface area contributed by atoms with Crippen LogP contribution in [0.1, 0.15) is 51.6 Å². The van der Waals surface area contributed by atoms with Gasteiger partial charge in [-0.2, -0.15) is 0 Å². The van der Waals surface area contributed by atoms with Gasteiger partial charge in [-0.15, -0.1) is 5.10 Å². The number of likely N-dealkylation sites (tertiary alicyclic amines) is 1. The van der Waals surface area contributed by atoms with Gasteiger partial charge in [0, 0.05) is 38.4 Å². The van der Waals surface area contributed by atoms with Crippen molar-refractivity contribution in [3.05, 3.63) is 11.9 Å². The van der Waals surface area contributed by atoms with E-state index in [1.807, 2.05) is 16.5 Å². The van der Waals surface area contributed by atoms with E-state index in [0.717, 1.165) is 38.2 Å². The summed E-state index contributed by atoms with van der Waals surface area (Å²) in [5.41, 5.74) is 1.39. The number of carbonyl (C=O) groups is 1. The quantitative estimate of drug-likeness (QED) is 0.804. The van der Waals surface area contributed by atoms with E-state index in [1.54, 1.807) is 7.11 Å². The highest BCUT2D eigenvalue weighted by Crippen LogP contribution is 2.46. The van der Waals surface area contributed by atoms with Gasteiger partial charge in [-0.3, -0.25) is 9.48 Å². The van der Waals surface area contributed by atoms with Crippen LogP contribution < -0.4 is 0 Å². The highest BCUT2D eigenvalue weighted by atomic mass is 16.5. The van der Waals surface area contributed by atoms with Gasteiger partial charge in [-0.1, -0.05) is 12.1 Å². The summed E-state index contributed by atoms with van der Waals surface area (Å²) in [6, 6.07) is 0. The van der Waals surface area contributed by atoms with Gasteiger partial charge in [-0.25, -0.2) is 0 Å². The Kier molecular flexibility index (Phi) is 4.71. The zero-order valence-electron chi connectivity index (χ0n) is 14.5. The average molecular weight is 320 g/mol. The molecule has 23 heavy (non-hydrogen) atoms. The summed E-state index contributed by atoms with van der Waals surface area (Å²) < 4.78 is 7.17. The number of hydrogen-bond acceptors (Lipinski definition) is 4. The lowest BCUT2D eigenvalue weighted by Gasteiger charge is -2.33. The molecule has 6 heteroatoms. The van der Waals surface area contributed by atoms with E-state index in [4.69, 9.17) is 4.74 Å². The van der Waals surface area contributed by atoms with Crippen LogP contribution in [0, 0.1) is 5.92 Å². The molecule has 1 aliphatic carbocycles. The number of rotatable bonds is 6. The largest absolute Gasteiger partial charge is 0.381 e. The molecule has 1 aliphatic heterocycles. The molecule has 2 atom stereocenters. The Morgan fingerprint density at radius 1 is 1.52 bits per heavy atom. The molecule has 2 fully saturated rings. The van der Waals surface area contributed by atoms with Crippen LogP contribution >= 0.6 is 0 Å². The molecule has 1 aromatic rings. The van der Waals surface area contributed by atoms with E-state index in [2.05, 4.69) is 23.4 Å². The third-order valence-corrected chi connectivity index (χ3v) is 5.34. The Hall–Kier alpha value is -1.43. The van der Waals surface area contributed by atoms with Crippen LogP contribution in [0.5, 0.6) is 0 Å². The predicted molar refractivity (Wildman–Crippen MR) is 87.0 cm³/mol. The molecule has 3 rings (SSSR count). The minimum absolute atomic E-state index is 0.0139. The van der Waals surface area contributed by atoms with E-state index in [1.165, 1.54) is 12.8 Å². The molecule has 0 bridgehead atoms. The lowest BCUT2D eigenvalue weighted by molar-refractivity contribution is -0.135. The van der Waals surface area contributed by atoms with Crippen LogP contribution in [0.15, 0.2) is 6.20 Å². The van der Waals surface area contributed by atoms with Gasteiger partial charge in [0.15, 0.2) is 0 Å². The van der Waals surface area contributed by atoms with Crippen molar-refractivity contribution in [2.75, 3.05) is 20.2 Å². The number of ether oxygens (including phenoxy) is 1. The van der Waals surface area contributed by atoms with Crippen LogP contribution in [0.25, 0.3) is 0 Å². The molecule has 128 valence electrons. The first-order chi connectivity index (χ1) is 11.0. The number of nitrogens with zero attached hydrogens (tertiary/aromatic N) is 4. The lowest BCUT2D eigenvalue weighted by Crippen LogP contribution is -2.42. The third kappa shape index (κ3) is 3.91. The van der Waals surface area contributed by atoms with E-state index < -0.39 is 0 Å². The first-order valence-corrected chi connectivity index (χ1v) is 8.71. The fourth-order valence-corrected chi connectivity index (χ4v) is 3.27. The molecule has 0 aromatic carbocycles. The number of methoxy groups -OCH3 is 1. The number of amides is 1. The summed E-state index contributed by atoms with van der Waals surface area (Å²) in [4.78, 5) is 14.3. The van der Waals surface area contributed by atoms with Crippen LogP contribution in [0.4, 0.5) is 0 Å². The Bertz CT molecular complexity index is 553. The zero-order valence-corrected chi connectivity index (χ0v) is 14.5. The molecule has 1 amide bonds. The number of aromatic nitrogens is 3. The fourth-order valence-electron chi connectivity index (χ4n) is 3.27. The molecule has 2 heterocycles. The van der Waals surface area contributed by atoms with Crippen molar-refractivity contribution >= 4 is 5.91 Å². The summed E-state index contributed by atoms with van der Waals surface area (Å²) in [6.07, 6.45) is 7.20. The number of carbonyl (C=O) groups excluding carboxylic acids is 1. The Morgan fingerprint density at radius 3 is 3.00 bits per heavy atom. The predicted octanol–water partition coefficient (Wildman–Crippen LogP) is 1.99. The minimum atomic E-state index is -0.0139. The standard InChI is InChI=1S/C17H28N4O2/c1-13(23-3)9-16(22)20-8-4-5-14(10-20)11-21-12-15(18-19-21)17(2)6-7-17/h12-14H,4-11H2,1-3H3. The number of hydrogen-bond donors (Lipinski definition) is 0. The summed E-state index contributed by atoms with van der Waals surface area (Å²) in [6.45, 7) is 6.73. The molecule has 2 unspecified atom stereocenters. The molecule has 1 aromatic heterocycles. The highest BCUT2D eigenvalue weighted by molar-refractivity contribution is 5.76. The maximum atomic E-state index is 12.3. The van der Waals surface area contributed by atoms with Crippen LogP contribution in [0.2, 0.25) is 0 Å². The maximum absolute atomic E-state index is 12.3. The third-order valence-electron chi connectivity index (χ3n) is 5.34. The van der Waals surface area contributed by atoms with Crippen molar-refractivity contribution in [3.8, 4) is 0 Å². The Morgan fingerprint density at radius 2 is 2.30 bits per heavy atom. The second kappa shape index (κ2) is 6.59. The van der Waals surface area contributed by atoms with E-state index in [-0.39, 0.29) is 17.4 Å². The first-order valence-electron chi connectivity index (χ1n) is 8.71. The second-order valence-electron chi connectivity index (χ2n) is 7.48. The van der Waals surface area contributed by atoms with Crippen molar-refractivity contribution in [2.24, 2.45) is 5.92 Å². The van der Waals surface area contributed by atoms with Gasteiger partial charge in [-0.05, 0) is 38.5 Å². The van der Waals surface area contributed by atoms with Crippen molar-refractivity contribution in [1.82, 2.24) is 19.9 Å². The smallest absolute Gasteiger partial charge is 0.225 e. The zero-order chi connectivity index (χ0) is 16.4. The van der Waals surface area contributed by atoms with Gasteiger partial charge in [0.05, 0.1) is 18.2 Å². The van der Waals surface area contributed by atoms with Gasteiger partial charge in [0.1, 0.15) is 0 Å². The van der Waals surface area contributed by atoms with Crippen LogP contribution in [0.3, 0.4) is 0 Å². The van der Waals surface area contributed by atoms with Crippen molar-refractivity contribution in [2.45, 2.75) is 64.0 Å². The van der Waals surface area contributed by atoms with Gasteiger partial charge >= 0.3 is 0 Å². The molecule has 6 nitrogen and oxygen atoms in total. The second-order valence-corrected chi connectivity index (χ2v) is 7.48. The summed E-state index contributed by atoms with van der Waals surface area (Å²) in [5, 5.41) is 8.63. The van der Waals surface area contributed by atoms with Crippen LogP contribution in [-0.4, -0.2) is 52.1 Å². The normalized spacial score (nSPS) is 24.5. The van der Waals surface area contributed by atoms with Crippen LogP contribution in [-0.2, 0) is 21.5 Å². The van der Waals surface area contributed by atoms with Gasteiger partial charge < -0.3 is 9.64 Å². The topological polar surface area (TPSA) is 60.2 Å². The molecule has 0 radical (unpaired) electrons. The summed E-state index contributed by atoms with van der Waals surface area (Å²) in [7, 11) is 1.65. The summed E-state index contributed by atoms with van der Waals surface area (Å²) in [5.74, 6) is 0.668. The van der Waals surface area contributed by atoms with Gasteiger partial charge in [0.25, 0.3) is 0 Å². The monoisotopic (exact) mass is 320 g/mol. The molecular formula is C17H28N4O2. The minimum Gasteiger partial charge on any atom is -0.381 e. The van der Waals surface area contributed by atoms with E-state index >= 15 is 0 Å².